The number of para-hydroxylation sites is 1. The van der Waals surface area contributed by atoms with E-state index in [2.05, 4.69) is 9.97 Å². The number of halogens is 2. The van der Waals surface area contributed by atoms with Gasteiger partial charge in [-0.1, -0.05) is 35.3 Å². The van der Waals surface area contributed by atoms with Crippen molar-refractivity contribution in [3.05, 3.63) is 46.3 Å². The Morgan fingerprint density at radius 3 is 2.56 bits per heavy atom. The summed E-state index contributed by atoms with van der Waals surface area (Å²) in [6.45, 7) is 1.74. The van der Waals surface area contributed by atoms with Crippen LogP contribution in [-0.2, 0) is 0 Å². The molecule has 0 saturated carbocycles. The van der Waals surface area contributed by atoms with Crippen molar-refractivity contribution in [2.75, 3.05) is 0 Å². The van der Waals surface area contributed by atoms with Crippen LogP contribution in [0.25, 0.3) is 0 Å². The maximum absolute atomic E-state index is 5.95. The molecule has 0 aliphatic rings. The molecule has 3 nitrogen and oxygen atoms in total. The van der Waals surface area contributed by atoms with Crippen LogP contribution in [0.1, 0.15) is 5.82 Å². The number of hydrogen-bond acceptors (Lipinski definition) is 3. The topological polar surface area (TPSA) is 35.0 Å². The fourth-order valence-corrected chi connectivity index (χ4v) is 1.59. The minimum Gasteiger partial charge on any atom is -0.437 e. The van der Waals surface area contributed by atoms with Crippen LogP contribution in [0, 0.1) is 6.92 Å². The highest BCUT2D eigenvalue weighted by Crippen LogP contribution is 2.28. The summed E-state index contributed by atoms with van der Waals surface area (Å²) < 4.78 is 5.50. The number of aromatic nitrogens is 2. The molecule has 1 heterocycles. The molecule has 0 radical (unpaired) electrons. The van der Waals surface area contributed by atoms with Gasteiger partial charge in [-0.2, -0.15) is 4.98 Å². The van der Waals surface area contributed by atoms with Crippen LogP contribution in [0.15, 0.2) is 30.3 Å². The van der Waals surface area contributed by atoms with Crippen molar-refractivity contribution in [1.29, 1.82) is 0 Å². The molecule has 1 aromatic carbocycles. The molecule has 0 aliphatic heterocycles. The first-order valence-corrected chi connectivity index (χ1v) is 5.34. The number of nitrogens with zero attached hydrogens (tertiary/aromatic N) is 2. The van der Waals surface area contributed by atoms with Gasteiger partial charge in [-0.3, -0.25) is 0 Å². The highest BCUT2D eigenvalue weighted by Gasteiger charge is 2.05. The Morgan fingerprint density at radius 1 is 1.12 bits per heavy atom. The van der Waals surface area contributed by atoms with E-state index in [9.17, 15) is 0 Å². The molecular weight excluding hydrogens is 247 g/mol. The molecule has 0 amide bonds. The Hall–Kier alpha value is -1.32. The maximum atomic E-state index is 5.95. The van der Waals surface area contributed by atoms with E-state index in [1.165, 1.54) is 6.07 Å². The standard InChI is InChI=1S/C11H8Cl2N2O/c1-7-14-10(13)6-11(15-7)16-9-5-3-2-4-8(9)12/h2-6H,1H3. The van der Waals surface area contributed by atoms with Crippen molar-refractivity contribution in [2.24, 2.45) is 0 Å². The van der Waals surface area contributed by atoms with Gasteiger partial charge in [0.1, 0.15) is 16.7 Å². The molecule has 0 fully saturated rings. The minimum absolute atomic E-state index is 0.342. The van der Waals surface area contributed by atoms with Crippen LogP contribution in [-0.4, -0.2) is 9.97 Å². The predicted molar refractivity (Wildman–Crippen MR) is 63.3 cm³/mol. The summed E-state index contributed by atoms with van der Waals surface area (Å²) in [5.41, 5.74) is 0. The van der Waals surface area contributed by atoms with Crippen LogP contribution < -0.4 is 4.74 Å². The van der Waals surface area contributed by atoms with Crippen molar-refractivity contribution in [3.8, 4) is 11.6 Å². The highest BCUT2D eigenvalue weighted by atomic mass is 35.5. The van der Waals surface area contributed by atoms with Gasteiger partial charge in [0.05, 0.1) is 5.02 Å². The summed E-state index contributed by atoms with van der Waals surface area (Å²) in [5, 5.41) is 0.865. The van der Waals surface area contributed by atoms with Gasteiger partial charge < -0.3 is 4.74 Å². The average Bonchev–Trinajstić information content (AvgIpc) is 2.20. The van der Waals surface area contributed by atoms with Crippen molar-refractivity contribution in [1.82, 2.24) is 9.97 Å². The fourth-order valence-electron chi connectivity index (χ4n) is 1.20. The number of ether oxygens (including phenoxy) is 1. The van der Waals surface area contributed by atoms with E-state index >= 15 is 0 Å². The van der Waals surface area contributed by atoms with Crippen LogP contribution in [0.3, 0.4) is 0 Å². The lowest BCUT2D eigenvalue weighted by molar-refractivity contribution is 0.460. The largest absolute Gasteiger partial charge is 0.437 e. The molecule has 0 aliphatic carbocycles. The molecule has 2 rings (SSSR count). The first-order valence-electron chi connectivity index (χ1n) is 4.59. The number of rotatable bonds is 2. The summed E-state index contributed by atoms with van der Waals surface area (Å²) in [6, 6.07) is 8.70. The normalized spacial score (nSPS) is 10.2. The molecule has 0 spiro atoms. The van der Waals surface area contributed by atoms with Gasteiger partial charge in [0, 0.05) is 6.07 Å². The third kappa shape index (κ3) is 2.62. The number of aryl methyl sites for hydroxylation is 1. The first-order chi connectivity index (χ1) is 7.65. The van der Waals surface area contributed by atoms with Gasteiger partial charge in [0.2, 0.25) is 5.88 Å². The zero-order valence-corrected chi connectivity index (χ0v) is 9.96. The molecule has 0 N–H and O–H groups in total. The van der Waals surface area contributed by atoms with E-state index in [4.69, 9.17) is 27.9 Å². The Bertz CT molecular complexity index is 497. The maximum Gasteiger partial charge on any atom is 0.224 e. The monoisotopic (exact) mass is 254 g/mol. The zero-order valence-electron chi connectivity index (χ0n) is 8.45. The summed E-state index contributed by atoms with van der Waals surface area (Å²) >= 11 is 11.7. The van der Waals surface area contributed by atoms with Crippen molar-refractivity contribution >= 4 is 23.2 Å². The lowest BCUT2D eigenvalue weighted by Crippen LogP contribution is -1.93. The van der Waals surface area contributed by atoms with Gasteiger partial charge >= 0.3 is 0 Å². The highest BCUT2D eigenvalue weighted by molar-refractivity contribution is 6.32. The second-order valence-electron chi connectivity index (χ2n) is 3.11. The summed E-state index contributed by atoms with van der Waals surface area (Å²) in [4.78, 5) is 8.03. The lowest BCUT2D eigenvalue weighted by atomic mass is 10.3. The number of hydrogen-bond donors (Lipinski definition) is 0. The van der Waals surface area contributed by atoms with Crippen molar-refractivity contribution in [2.45, 2.75) is 6.92 Å². The molecule has 1 aromatic heterocycles. The second-order valence-corrected chi connectivity index (χ2v) is 3.90. The van der Waals surface area contributed by atoms with Crippen molar-refractivity contribution in [3.63, 3.8) is 0 Å². The molecule has 0 saturated heterocycles. The van der Waals surface area contributed by atoms with E-state index in [0.29, 0.717) is 27.6 Å². The third-order valence-electron chi connectivity index (χ3n) is 1.83. The second kappa shape index (κ2) is 4.68. The van der Waals surface area contributed by atoms with Crippen LogP contribution in [0.4, 0.5) is 0 Å². The summed E-state index contributed by atoms with van der Waals surface area (Å²) in [7, 11) is 0. The molecule has 0 atom stereocenters. The molecule has 0 unspecified atom stereocenters. The van der Waals surface area contributed by atoms with E-state index in [1.807, 2.05) is 12.1 Å². The molecular formula is C11H8Cl2N2O. The lowest BCUT2D eigenvalue weighted by Gasteiger charge is -2.06. The Balaban J connectivity index is 2.30. The quantitative estimate of drug-likeness (QED) is 0.763. The van der Waals surface area contributed by atoms with Crippen LogP contribution in [0.5, 0.6) is 11.6 Å². The van der Waals surface area contributed by atoms with Crippen LogP contribution in [0.2, 0.25) is 10.2 Å². The average molecular weight is 255 g/mol. The Morgan fingerprint density at radius 2 is 1.88 bits per heavy atom. The number of benzene rings is 1. The minimum atomic E-state index is 0.342. The Kier molecular flexibility index (Phi) is 3.27. The SMILES string of the molecule is Cc1nc(Cl)cc(Oc2ccccc2Cl)n1. The zero-order chi connectivity index (χ0) is 11.5. The van der Waals surface area contributed by atoms with Gasteiger partial charge in [-0.15, -0.1) is 0 Å². The smallest absolute Gasteiger partial charge is 0.224 e. The van der Waals surface area contributed by atoms with E-state index in [-0.39, 0.29) is 0 Å². The van der Waals surface area contributed by atoms with Gasteiger partial charge in [0.15, 0.2) is 0 Å². The van der Waals surface area contributed by atoms with Gasteiger partial charge in [-0.05, 0) is 19.1 Å². The first kappa shape index (κ1) is 11.2. The molecule has 0 bridgehead atoms. The third-order valence-corrected chi connectivity index (χ3v) is 2.34. The van der Waals surface area contributed by atoms with Crippen molar-refractivity contribution < 1.29 is 4.74 Å². The predicted octanol–water partition coefficient (Wildman–Crippen LogP) is 3.88. The molecule has 2 aromatic rings. The van der Waals surface area contributed by atoms with Gasteiger partial charge in [-0.25, -0.2) is 4.98 Å². The van der Waals surface area contributed by atoms with E-state index in [0.717, 1.165) is 0 Å². The van der Waals surface area contributed by atoms with E-state index < -0.39 is 0 Å². The molecule has 82 valence electrons. The van der Waals surface area contributed by atoms with Gasteiger partial charge in [0.25, 0.3) is 0 Å². The fraction of sp³-hybridized carbons (Fsp3) is 0.0909. The summed E-state index contributed by atoms with van der Waals surface area (Å²) in [5.74, 6) is 1.47. The van der Waals surface area contributed by atoms with E-state index in [1.54, 1.807) is 19.1 Å². The molecule has 16 heavy (non-hydrogen) atoms. The summed E-state index contributed by atoms with van der Waals surface area (Å²) in [6.07, 6.45) is 0. The van der Waals surface area contributed by atoms with Crippen LogP contribution >= 0.6 is 23.2 Å². The molecule has 5 heteroatoms. The Labute approximate surface area is 103 Å².